The van der Waals surface area contributed by atoms with E-state index in [1.54, 1.807) is 60.7 Å². The molecule has 11 heteroatoms. The number of carbonyl (C=O) groups is 3. The highest BCUT2D eigenvalue weighted by Crippen LogP contribution is 2.26. The molecule has 1 fully saturated rings. The average Bonchev–Trinajstić information content (AvgIpc) is 3.10. The normalized spacial score (nSPS) is 13.1. The second kappa shape index (κ2) is 19.2. The van der Waals surface area contributed by atoms with E-state index in [9.17, 15) is 14.4 Å². The van der Waals surface area contributed by atoms with E-state index >= 15 is 0 Å². The number of unbranched alkanes of at least 4 members (excludes halogenated alkanes) is 1. The van der Waals surface area contributed by atoms with Crippen molar-refractivity contribution in [1.82, 2.24) is 0 Å². The van der Waals surface area contributed by atoms with Crippen molar-refractivity contribution in [2.24, 2.45) is 5.41 Å². The van der Waals surface area contributed by atoms with Crippen LogP contribution < -0.4 is 14.2 Å². The summed E-state index contributed by atoms with van der Waals surface area (Å²) in [7, 11) is 0. The monoisotopic (exact) mass is 662 g/mol. The Morgan fingerprint density at radius 3 is 1.94 bits per heavy atom. The van der Waals surface area contributed by atoms with Crippen LogP contribution in [0.15, 0.2) is 85.5 Å². The summed E-state index contributed by atoms with van der Waals surface area (Å²) in [4.78, 5) is 35.9. The molecule has 0 unspecified atom stereocenters. The molecule has 0 spiro atoms. The maximum atomic E-state index is 12.6. The third-order valence-electron chi connectivity index (χ3n) is 7.12. The largest absolute Gasteiger partial charge is 0.491 e. The van der Waals surface area contributed by atoms with Crippen molar-refractivity contribution >= 4 is 17.9 Å². The van der Waals surface area contributed by atoms with Gasteiger partial charge >= 0.3 is 17.9 Å². The van der Waals surface area contributed by atoms with Gasteiger partial charge in [0.25, 0.3) is 0 Å². The molecule has 11 nitrogen and oxygen atoms in total. The Morgan fingerprint density at radius 1 is 0.688 bits per heavy atom. The van der Waals surface area contributed by atoms with E-state index in [0.29, 0.717) is 68.0 Å². The van der Waals surface area contributed by atoms with Crippen molar-refractivity contribution in [3.63, 3.8) is 0 Å². The van der Waals surface area contributed by atoms with Gasteiger partial charge in [-0.2, -0.15) is 0 Å². The lowest BCUT2D eigenvalue weighted by Crippen LogP contribution is -2.43. The summed E-state index contributed by atoms with van der Waals surface area (Å²) < 4.78 is 43.4. The van der Waals surface area contributed by atoms with Crippen LogP contribution in [0.5, 0.6) is 17.2 Å². The Bertz CT molecular complexity index is 1450. The molecule has 0 radical (unpaired) electrons. The lowest BCUT2D eigenvalue weighted by atomic mass is 9.90. The highest BCUT2D eigenvalue weighted by atomic mass is 16.6. The first kappa shape index (κ1) is 36.1. The second-order valence-corrected chi connectivity index (χ2v) is 11.4. The Kier molecular flexibility index (Phi) is 14.4. The Balaban J connectivity index is 1.08. The predicted octanol–water partition coefficient (Wildman–Crippen LogP) is 5.60. The molecule has 0 aliphatic carbocycles. The lowest BCUT2D eigenvalue weighted by molar-refractivity contribution is -0.139. The molecule has 1 aliphatic rings. The van der Waals surface area contributed by atoms with Crippen molar-refractivity contribution in [1.29, 1.82) is 0 Å². The molecule has 3 aromatic rings. The molecule has 3 aromatic carbocycles. The third kappa shape index (κ3) is 12.5. The summed E-state index contributed by atoms with van der Waals surface area (Å²) >= 11 is 0. The van der Waals surface area contributed by atoms with Gasteiger partial charge in [-0.25, -0.2) is 14.4 Å². The smallest absolute Gasteiger partial charge is 0.343 e. The Labute approximate surface area is 280 Å². The van der Waals surface area contributed by atoms with E-state index < -0.39 is 11.9 Å². The number of rotatable bonds is 21. The van der Waals surface area contributed by atoms with Crippen LogP contribution in [0.2, 0.25) is 0 Å². The molecule has 0 saturated carbocycles. The first-order chi connectivity index (χ1) is 23.3. The second-order valence-electron chi connectivity index (χ2n) is 11.4. The molecule has 1 saturated heterocycles. The first-order valence-corrected chi connectivity index (χ1v) is 15.8. The number of esters is 3. The topological polar surface area (TPSA) is 125 Å². The molecule has 256 valence electrons. The van der Waals surface area contributed by atoms with Crippen molar-refractivity contribution in [2.45, 2.75) is 26.4 Å². The van der Waals surface area contributed by atoms with Gasteiger partial charge in [0.15, 0.2) is 0 Å². The van der Waals surface area contributed by atoms with Crippen LogP contribution in [-0.4, -0.2) is 77.4 Å². The molecule has 0 atom stereocenters. The highest BCUT2D eigenvalue weighted by molar-refractivity contribution is 5.91. The van der Waals surface area contributed by atoms with E-state index in [-0.39, 0.29) is 24.6 Å². The van der Waals surface area contributed by atoms with Gasteiger partial charge in [-0.3, -0.25) is 0 Å². The van der Waals surface area contributed by atoms with E-state index in [4.69, 9.17) is 37.9 Å². The van der Waals surface area contributed by atoms with Crippen LogP contribution in [0, 0.1) is 5.41 Å². The molecular formula is C37H42O11. The van der Waals surface area contributed by atoms with Crippen molar-refractivity contribution in [3.05, 3.63) is 102 Å². The third-order valence-corrected chi connectivity index (χ3v) is 7.12. The fourth-order valence-electron chi connectivity index (χ4n) is 4.35. The Hall–Kier alpha value is -4.71. The van der Waals surface area contributed by atoms with Crippen molar-refractivity contribution < 1.29 is 52.3 Å². The zero-order chi connectivity index (χ0) is 34.0. The number of hydrogen-bond acceptors (Lipinski definition) is 11. The number of benzene rings is 3. The van der Waals surface area contributed by atoms with Gasteiger partial charge in [0.2, 0.25) is 0 Å². The van der Waals surface area contributed by atoms with E-state index in [1.807, 2.05) is 12.1 Å². The SMILES string of the molecule is C=CC(=O)OCCOCCOc1ccc(C(=O)Oc2ccc(COc3ccc(C(=O)OCCCCOCC4(C)COC4)cc3)cc2)cc1. The fraction of sp³-hybridized carbons (Fsp3) is 0.378. The summed E-state index contributed by atoms with van der Waals surface area (Å²) in [5.41, 5.74) is 1.85. The van der Waals surface area contributed by atoms with E-state index in [2.05, 4.69) is 13.5 Å². The first-order valence-electron chi connectivity index (χ1n) is 15.8. The molecule has 4 rings (SSSR count). The van der Waals surface area contributed by atoms with Gasteiger partial charge in [-0.1, -0.05) is 25.6 Å². The lowest BCUT2D eigenvalue weighted by Gasteiger charge is -2.37. The fourth-order valence-corrected chi connectivity index (χ4v) is 4.35. The molecule has 0 aromatic heterocycles. The number of hydrogen-bond donors (Lipinski definition) is 0. The minimum absolute atomic E-state index is 0.141. The zero-order valence-corrected chi connectivity index (χ0v) is 27.2. The van der Waals surface area contributed by atoms with Crippen molar-refractivity contribution in [2.75, 3.05) is 59.5 Å². The van der Waals surface area contributed by atoms with Crippen LogP contribution in [0.4, 0.5) is 0 Å². The van der Waals surface area contributed by atoms with Gasteiger partial charge in [0.1, 0.15) is 37.1 Å². The zero-order valence-electron chi connectivity index (χ0n) is 27.2. The van der Waals surface area contributed by atoms with Crippen molar-refractivity contribution in [3.8, 4) is 17.2 Å². The summed E-state index contributed by atoms with van der Waals surface area (Å²) in [6, 6.07) is 20.4. The van der Waals surface area contributed by atoms with Gasteiger partial charge < -0.3 is 37.9 Å². The average molecular weight is 663 g/mol. The molecule has 0 amide bonds. The minimum atomic E-state index is -0.500. The maximum absolute atomic E-state index is 12.6. The molecular weight excluding hydrogens is 620 g/mol. The van der Waals surface area contributed by atoms with Crippen LogP contribution in [-0.2, 0) is 35.1 Å². The quantitative estimate of drug-likeness (QED) is 0.0613. The molecule has 0 bridgehead atoms. The molecule has 0 N–H and O–H groups in total. The number of ether oxygens (including phenoxy) is 8. The van der Waals surface area contributed by atoms with Gasteiger partial charge in [0.05, 0.1) is 50.8 Å². The molecule has 1 heterocycles. The summed E-state index contributed by atoms with van der Waals surface area (Å²) in [5.74, 6) is 0.209. The molecule has 1 aliphatic heterocycles. The summed E-state index contributed by atoms with van der Waals surface area (Å²) in [6.07, 6.45) is 2.65. The maximum Gasteiger partial charge on any atom is 0.343 e. The van der Waals surface area contributed by atoms with Gasteiger partial charge in [-0.15, -0.1) is 0 Å². The van der Waals surface area contributed by atoms with Gasteiger partial charge in [-0.05, 0) is 79.1 Å². The molecule has 48 heavy (non-hydrogen) atoms. The Morgan fingerprint density at radius 2 is 1.29 bits per heavy atom. The summed E-state index contributed by atoms with van der Waals surface area (Å²) in [5, 5.41) is 0. The van der Waals surface area contributed by atoms with Crippen LogP contribution in [0.1, 0.15) is 46.0 Å². The van der Waals surface area contributed by atoms with Crippen LogP contribution in [0.3, 0.4) is 0 Å². The van der Waals surface area contributed by atoms with E-state index in [0.717, 1.165) is 37.7 Å². The van der Waals surface area contributed by atoms with Gasteiger partial charge in [0, 0.05) is 18.1 Å². The van der Waals surface area contributed by atoms with Crippen LogP contribution in [0.25, 0.3) is 0 Å². The predicted molar refractivity (Wildman–Crippen MR) is 175 cm³/mol. The highest BCUT2D eigenvalue weighted by Gasteiger charge is 2.33. The number of carbonyl (C=O) groups excluding carboxylic acids is 3. The van der Waals surface area contributed by atoms with E-state index in [1.165, 1.54) is 0 Å². The standard InChI is InChI=1S/C37H42O11/c1-3-34(38)45-23-21-41-20-22-44-31-14-10-30(11-15-31)36(40)48-33-12-6-28(7-13-33)24-47-32-16-8-29(9-17-32)35(39)46-19-5-4-18-42-25-37(2)26-43-27-37/h3,6-17H,1,4-5,18-27H2,2H3. The summed E-state index contributed by atoms with van der Waals surface area (Å²) in [6.45, 7) is 9.92. The minimum Gasteiger partial charge on any atom is -0.491 e. The van der Waals surface area contributed by atoms with Crippen LogP contribution >= 0.6 is 0 Å².